The van der Waals surface area contributed by atoms with Gasteiger partial charge in [0.15, 0.2) is 0 Å². The van der Waals surface area contributed by atoms with Crippen LogP contribution in [0.2, 0.25) is 0 Å². The van der Waals surface area contributed by atoms with Gasteiger partial charge in [-0.05, 0) is 18.3 Å². The Kier molecular flexibility index (Phi) is 5.76. The van der Waals surface area contributed by atoms with Gasteiger partial charge in [-0.25, -0.2) is 4.79 Å². The second kappa shape index (κ2) is 7.32. The Morgan fingerprint density at radius 2 is 1.88 bits per heavy atom. The summed E-state index contributed by atoms with van der Waals surface area (Å²) in [4.78, 5) is 40.0. The van der Waals surface area contributed by atoms with E-state index in [2.05, 4.69) is 5.32 Å². The van der Waals surface area contributed by atoms with Crippen LogP contribution < -0.4 is 5.32 Å². The SMILES string of the molecule is CCC(CC)(CN1CCC(=O)N(CC2NC(=O)CC2(C)C)C1=O)OC. The highest BCUT2D eigenvalue weighted by Crippen LogP contribution is 2.32. The molecular formula is C18H31N3O4. The predicted molar refractivity (Wildman–Crippen MR) is 93.9 cm³/mol. The summed E-state index contributed by atoms with van der Waals surface area (Å²) in [6.45, 7) is 9.17. The lowest BCUT2D eigenvalue weighted by Gasteiger charge is -2.41. The molecular weight excluding hydrogens is 322 g/mol. The third-order valence-electron chi connectivity index (χ3n) is 5.86. The minimum Gasteiger partial charge on any atom is -0.376 e. The van der Waals surface area contributed by atoms with Gasteiger partial charge >= 0.3 is 6.03 Å². The van der Waals surface area contributed by atoms with Crippen LogP contribution in [0.1, 0.15) is 53.4 Å². The highest BCUT2D eigenvalue weighted by molar-refractivity contribution is 5.97. The zero-order chi connectivity index (χ0) is 18.8. The van der Waals surface area contributed by atoms with Crippen molar-refractivity contribution in [3.8, 4) is 0 Å². The van der Waals surface area contributed by atoms with E-state index in [4.69, 9.17) is 4.74 Å². The summed E-state index contributed by atoms with van der Waals surface area (Å²) in [5, 5.41) is 2.90. The fourth-order valence-electron chi connectivity index (χ4n) is 3.69. The van der Waals surface area contributed by atoms with Crippen LogP contribution in [0.25, 0.3) is 0 Å². The van der Waals surface area contributed by atoms with Gasteiger partial charge in [0.25, 0.3) is 0 Å². The third kappa shape index (κ3) is 3.97. The summed E-state index contributed by atoms with van der Waals surface area (Å²) in [7, 11) is 1.67. The van der Waals surface area contributed by atoms with Crippen molar-refractivity contribution in [3.05, 3.63) is 0 Å². The van der Waals surface area contributed by atoms with Crippen molar-refractivity contribution >= 4 is 17.8 Å². The normalized spacial score (nSPS) is 24.0. The molecule has 142 valence electrons. The molecule has 2 fully saturated rings. The van der Waals surface area contributed by atoms with Gasteiger partial charge in [-0.1, -0.05) is 27.7 Å². The number of carbonyl (C=O) groups excluding carboxylic acids is 3. The van der Waals surface area contributed by atoms with Crippen LogP contribution in [-0.4, -0.2) is 66.0 Å². The van der Waals surface area contributed by atoms with Crippen LogP contribution >= 0.6 is 0 Å². The number of rotatable bonds is 7. The maximum Gasteiger partial charge on any atom is 0.326 e. The summed E-state index contributed by atoms with van der Waals surface area (Å²) < 4.78 is 5.68. The van der Waals surface area contributed by atoms with Gasteiger partial charge in [0.1, 0.15) is 0 Å². The van der Waals surface area contributed by atoms with Gasteiger partial charge in [0, 0.05) is 26.5 Å². The van der Waals surface area contributed by atoms with Crippen LogP contribution in [0.3, 0.4) is 0 Å². The van der Waals surface area contributed by atoms with E-state index >= 15 is 0 Å². The molecule has 2 rings (SSSR count). The Hall–Kier alpha value is -1.63. The van der Waals surface area contributed by atoms with E-state index in [0.29, 0.717) is 25.9 Å². The van der Waals surface area contributed by atoms with Crippen molar-refractivity contribution in [1.82, 2.24) is 15.1 Å². The molecule has 0 saturated carbocycles. The number of imide groups is 1. The van der Waals surface area contributed by atoms with Gasteiger partial charge in [-0.2, -0.15) is 0 Å². The molecule has 7 nitrogen and oxygen atoms in total. The van der Waals surface area contributed by atoms with E-state index in [-0.39, 0.29) is 41.4 Å². The number of nitrogens with one attached hydrogen (secondary N) is 1. The Bertz CT molecular complexity index is 534. The first-order valence-corrected chi connectivity index (χ1v) is 9.12. The lowest BCUT2D eigenvalue weighted by Crippen LogP contribution is -2.59. The van der Waals surface area contributed by atoms with Crippen LogP contribution in [0, 0.1) is 5.41 Å². The monoisotopic (exact) mass is 353 g/mol. The highest BCUT2D eigenvalue weighted by Gasteiger charge is 2.44. The fourth-order valence-corrected chi connectivity index (χ4v) is 3.69. The Morgan fingerprint density at radius 3 is 2.36 bits per heavy atom. The van der Waals surface area contributed by atoms with Gasteiger partial charge in [-0.3, -0.25) is 14.5 Å². The molecule has 2 heterocycles. The average molecular weight is 353 g/mol. The number of methoxy groups -OCH3 is 1. The molecule has 0 aromatic heterocycles. The predicted octanol–water partition coefficient (Wildman–Crippen LogP) is 1.76. The summed E-state index contributed by atoms with van der Waals surface area (Å²) in [5.74, 6) is -0.201. The standard InChI is InChI=1S/C18H31N3O4/c1-6-18(7-2,25-5)12-20-9-8-15(23)21(16(20)24)11-13-17(3,4)10-14(22)19-13/h13H,6-12H2,1-5H3,(H,19,22). The van der Waals surface area contributed by atoms with Gasteiger partial charge in [-0.15, -0.1) is 0 Å². The van der Waals surface area contributed by atoms with E-state index in [9.17, 15) is 14.4 Å². The second-order valence-corrected chi connectivity index (χ2v) is 7.84. The van der Waals surface area contributed by atoms with E-state index in [1.54, 1.807) is 12.0 Å². The topological polar surface area (TPSA) is 79.0 Å². The zero-order valence-electron chi connectivity index (χ0n) is 16.1. The lowest BCUT2D eigenvalue weighted by molar-refractivity contribution is -0.132. The highest BCUT2D eigenvalue weighted by atomic mass is 16.5. The van der Waals surface area contributed by atoms with Crippen molar-refractivity contribution in [2.24, 2.45) is 5.41 Å². The molecule has 2 aliphatic heterocycles. The summed E-state index contributed by atoms with van der Waals surface area (Å²) >= 11 is 0. The molecule has 0 aromatic rings. The molecule has 0 aromatic carbocycles. The molecule has 1 N–H and O–H groups in total. The number of nitrogens with zero attached hydrogens (tertiary/aromatic N) is 2. The van der Waals surface area contributed by atoms with Gasteiger partial charge in [0.05, 0.1) is 24.7 Å². The quantitative estimate of drug-likeness (QED) is 0.756. The van der Waals surface area contributed by atoms with Crippen LogP contribution in [0.15, 0.2) is 0 Å². The van der Waals surface area contributed by atoms with Crippen LogP contribution in [-0.2, 0) is 14.3 Å². The first kappa shape index (κ1) is 19.7. The molecule has 1 atom stereocenters. The van der Waals surface area contributed by atoms with Crippen LogP contribution in [0.4, 0.5) is 4.79 Å². The van der Waals surface area contributed by atoms with Gasteiger partial charge in [0.2, 0.25) is 11.8 Å². The largest absolute Gasteiger partial charge is 0.376 e. The van der Waals surface area contributed by atoms with Crippen molar-refractivity contribution in [3.63, 3.8) is 0 Å². The Labute approximate surface area is 150 Å². The maximum atomic E-state index is 12.9. The smallest absolute Gasteiger partial charge is 0.326 e. The molecule has 2 saturated heterocycles. The number of urea groups is 1. The lowest BCUT2D eigenvalue weighted by atomic mass is 9.84. The summed E-state index contributed by atoms with van der Waals surface area (Å²) in [6, 6.07) is -0.492. The first-order chi connectivity index (χ1) is 11.7. The number of hydrogen-bond acceptors (Lipinski definition) is 4. The van der Waals surface area contributed by atoms with Gasteiger partial charge < -0.3 is 15.0 Å². The maximum absolute atomic E-state index is 12.9. The number of amides is 4. The van der Waals surface area contributed by atoms with Crippen molar-refractivity contribution in [1.29, 1.82) is 0 Å². The number of ether oxygens (including phenoxy) is 1. The van der Waals surface area contributed by atoms with E-state index < -0.39 is 0 Å². The van der Waals surface area contributed by atoms with E-state index in [0.717, 1.165) is 12.8 Å². The third-order valence-corrected chi connectivity index (χ3v) is 5.86. The van der Waals surface area contributed by atoms with Crippen molar-refractivity contribution in [2.45, 2.75) is 65.0 Å². The zero-order valence-corrected chi connectivity index (χ0v) is 16.1. The van der Waals surface area contributed by atoms with Crippen LogP contribution in [0.5, 0.6) is 0 Å². The molecule has 1 unspecified atom stereocenters. The fraction of sp³-hybridized carbons (Fsp3) is 0.833. The van der Waals surface area contributed by atoms with Crippen molar-refractivity contribution < 1.29 is 19.1 Å². The molecule has 7 heteroatoms. The molecule has 0 aliphatic carbocycles. The minimum atomic E-state index is -0.386. The first-order valence-electron chi connectivity index (χ1n) is 9.12. The molecule has 25 heavy (non-hydrogen) atoms. The minimum absolute atomic E-state index is 0.0286. The van der Waals surface area contributed by atoms with Crippen molar-refractivity contribution in [2.75, 3.05) is 26.7 Å². The summed E-state index contributed by atoms with van der Waals surface area (Å²) in [6.07, 6.45) is 2.31. The molecule has 0 spiro atoms. The number of carbonyl (C=O) groups is 3. The molecule has 0 bridgehead atoms. The Morgan fingerprint density at radius 1 is 1.24 bits per heavy atom. The second-order valence-electron chi connectivity index (χ2n) is 7.84. The molecule has 0 radical (unpaired) electrons. The average Bonchev–Trinajstić information content (AvgIpc) is 2.83. The summed E-state index contributed by atoms with van der Waals surface area (Å²) in [5.41, 5.74) is -0.661. The molecule has 4 amide bonds. The van der Waals surface area contributed by atoms with E-state index in [1.165, 1.54) is 4.90 Å². The van der Waals surface area contributed by atoms with E-state index in [1.807, 2.05) is 27.7 Å². The number of hydrogen-bond donors (Lipinski definition) is 1. The Balaban J connectivity index is 2.12. The molecule has 2 aliphatic rings.